The zero-order chi connectivity index (χ0) is 7.02. The number of hydrogen-bond donors (Lipinski definition) is 0. The van der Waals surface area contributed by atoms with Crippen LogP contribution in [0, 0.1) is 13.8 Å². The summed E-state index contributed by atoms with van der Waals surface area (Å²) in [7, 11) is 4.13. The Kier molecular flexibility index (Phi) is 3.35. The van der Waals surface area contributed by atoms with Gasteiger partial charge >= 0.3 is 0 Å². The molecule has 3 heteroatoms. The molecule has 0 radical (unpaired) electrons. The fourth-order valence-corrected chi connectivity index (χ4v) is 0.952. The minimum absolute atomic E-state index is 0. The van der Waals surface area contributed by atoms with Crippen LogP contribution >= 0.6 is 0 Å². The van der Waals surface area contributed by atoms with Crippen LogP contribution in [0.3, 0.4) is 0 Å². The molecule has 0 aliphatic carbocycles. The average molecular weight is 252 g/mol. The van der Waals surface area contributed by atoms with Crippen molar-refractivity contribution in [3.05, 3.63) is 17.7 Å². The Labute approximate surface area is 78.9 Å². The Balaban J connectivity index is 0.000000810. The lowest BCUT2D eigenvalue weighted by atomic mass is 10.5. The quantitative estimate of drug-likeness (QED) is 0.356. The number of imidazole rings is 1. The van der Waals surface area contributed by atoms with Gasteiger partial charge in [0.05, 0.1) is 14.1 Å². The first kappa shape index (κ1) is 9.94. The number of halogens is 1. The molecule has 10 heavy (non-hydrogen) atoms. The maximum atomic E-state index is 2.17. The van der Waals surface area contributed by atoms with E-state index < -0.39 is 0 Å². The second-order valence-electron chi connectivity index (χ2n) is 2.49. The second kappa shape index (κ2) is 3.37. The fourth-order valence-electron chi connectivity index (χ4n) is 0.952. The van der Waals surface area contributed by atoms with Gasteiger partial charge in [-0.2, -0.15) is 0 Å². The fraction of sp³-hybridized carbons (Fsp3) is 0.571. The molecule has 58 valence electrons. The number of nitrogens with zero attached hydrogens (tertiary/aromatic N) is 2. The monoisotopic (exact) mass is 252 g/mol. The van der Waals surface area contributed by atoms with E-state index in [2.05, 4.69) is 43.3 Å². The number of aromatic nitrogens is 2. The molecule has 0 aliphatic heterocycles. The van der Waals surface area contributed by atoms with Gasteiger partial charge in [-0.1, -0.05) is 0 Å². The van der Waals surface area contributed by atoms with Crippen LogP contribution < -0.4 is 28.5 Å². The molecule has 0 unspecified atom stereocenters. The molecular weight excluding hydrogens is 239 g/mol. The van der Waals surface area contributed by atoms with Crippen molar-refractivity contribution in [2.45, 2.75) is 13.8 Å². The van der Waals surface area contributed by atoms with Crippen LogP contribution in [0.15, 0.2) is 6.20 Å². The third kappa shape index (κ3) is 1.51. The van der Waals surface area contributed by atoms with Gasteiger partial charge < -0.3 is 24.0 Å². The molecule has 0 atom stereocenters. The van der Waals surface area contributed by atoms with Gasteiger partial charge in [0.25, 0.3) is 5.82 Å². The van der Waals surface area contributed by atoms with Gasteiger partial charge in [-0.05, 0) is 0 Å². The third-order valence-electron chi connectivity index (χ3n) is 1.91. The molecule has 1 aromatic rings. The first-order valence-corrected chi connectivity index (χ1v) is 3.11. The van der Waals surface area contributed by atoms with Crippen LogP contribution in [0.25, 0.3) is 0 Å². The summed E-state index contributed by atoms with van der Waals surface area (Å²) in [4.78, 5) is 0. The molecule has 0 saturated heterocycles. The summed E-state index contributed by atoms with van der Waals surface area (Å²) < 4.78 is 4.29. The highest BCUT2D eigenvalue weighted by molar-refractivity contribution is 4.92. The normalized spacial score (nSPS) is 9.20. The highest BCUT2D eigenvalue weighted by Crippen LogP contribution is 1.94. The van der Waals surface area contributed by atoms with Crippen molar-refractivity contribution in [2.75, 3.05) is 0 Å². The molecular formula is C7H13IN2. The standard InChI is InChI=1S/C7H13N2.HI/c1-6-5-8(3)7(2)9(6)4;/h5H,1-4H3;1H/q+1;/p-1. The maximum absolute atomic E-state index is 2.17. The molecule has 1 heterocycles. The van der Waals surface area contributed by atoms with E-state index in [0.29, 0.717) is 0 Å². The Morgan fingerprint density at radius 3 is 2.00 bits per heavy atom. The Morgan fingerprint density at radius 1 is 1.40 bits per heavy atom. The van der Waals surface area contributed by atoms with E-state index in [1.54, 1.807) is 0 Å². The summed E-state index contributed by atoms with van der Waals surface area (Å²) in [5.74, 6) is 1.28. The van der Waals surface area contributed by atoms with Gasteiger partial charge in [-0.25, -0.2) is 9.13 Å². The number of rotatable bonds is 0. The van der Waals surface area contributed by atoms with Crippen molar-refractivity contribution in [3.63, 3.8) is 0 Å². The van der Waals surface area contributed by atoms with Crippen molar-refractivity contribution in [1.82, 2.24) is 4.57 Å². The predicted molar refractivity (Wildman–Crippen MR) is 36.1 cm³/mol. The molecule has 0 bridgehead atoms. The van der Waals surface area contributed by atoms with E-state index >= 15 is 0 Å². The zero-order valence-corrected chi connectivity index (χ0v) is 9.01. The molecule has 0 N–H and O–H groups in total. The van der Waals surface area contributed by atoms with E-state index in [9.17, 15) is 0 Å². The summed E-state index contributed by atoms with van der Waals surface area (Å²) >= 11 is 0. The molecule has 0 aromatic carbocycles. The number of hydrogen-bond acceptors (Lipinski definition) is 0. The van der Waals surface area contributed by atoms with Crippen molar-refractivity contribution in [2.24, 2.45) is 14.1 Å². The lowest BCUT2D eigenvalue weighted by molar-refractivity contribution is -0.677. The summed E-state index contributed by atoms with van der Waals surface area (Å²) in [5.41, 5.74) is 1.30. The largest absolute Gasteiger partial charge is 1.00 e. The summed E-state index contributed by atoms with van der Waals surface area (Å²) in [6.07, 6.45) is 2.12. The van der Waals surface area contributed by atoms with Gasteiger partial charge in [0.15, 0.2) is 0 Å². The van der Waals surface area contributed by atoms with Crippen molar-refractivity contribution < 1.29 is 28.5 Å². The van der Waals surface area contributed by atoms with E-state index in [-0.39, 0.29) is 24.0 Å². The van der Waals surface area contributed by atoms with E-state index in [4.69, 9.17) is 0 Å². The Hall–Kier alpha value is -0.0600. The van der Waals surface area contributed by atoms with Crippen molar-refractivity contribution in [1.29, 1.82) is 0 Å². The van der Waals surface area contributed by atoms with Crippen molar-refractivity contribution >= 4 is 0 Å². The van der Waals surface area contributed by atoms with Crippen LogP contribution in [0.1, 0.15) is 11.5 Å². The maximum Gasteiger partial charge on any atom is 0.253 e. The first-order valence-electron chi connectivity index (χ1n) is 3.11. The first-order chi connectivity index (χ1) is 4.13. The summed E-state index contributed by atoms with van der Waals surface area (Å²) in [6.45, 7) is 4.21. The number of aryl methyl sites for hydroxylation is 2. The van der Waals surface area contributed by atoms with Gasteiger partial charge in [0.1, 0.15) is 11.9 Å². The van der Waals surface area contributed by atoms with E-state index in [1.165, 1.54) is 11.5 Å². The SMILES string of the molecule is Cc1c[n+](C)c(C)n1C.[I-]. The lowest BCUT2D eigenvalue weighted by Crippen LogP contribution is -3.00. The van der Waals surface area contributed by atoms with Crippen molar-refractivity contribution in [3.8, 4) is 0 Å². The molecule has 0 saturated carbocycles. The third-order valence-corrected chi connectivity index (χ3v) is 1.91. The Morgan fingerprint density at radius 2 is 1.90 bits per heavy atom. The van der Waals surface area contributed by atoms with Gasteiger partial charge in [0.2, 0.25) is 0 Å². The molecule has 2 nitrogen and oxygen atoms in total. The second-order valence-corrected chi connectivity index (χ2v) is 2.49. The minimum Gasteiger partial charge on any atom is -1.00 e. The van der Waals surface area contributed by atoms with E-state index in [1.807, 2.05) is 0 Å². The molecule has 0 aliphatic rings. The average Bonchev–Trinajstić information content (AvgIpc) is 1.98. The molecule has 0 amide bonds. The molecule has 1 rings (SSSR count). The van der Waals surface area contributed by atoms with Gasteiger partial charge in [-0.3, -0.25) is 0 Å². The zero-order valence-electron chi connectivity index (χ0n) is 6.85. The highest BCUT2D eigenvalue weighted by atomic mass is 127. The predicted octanol–water partition coefficient (Wildman–Crippen LogP) is -2.53. The Bertz CT molecular complexity index is 205. The van der Waals surface area contributed by atoms with Crippen LogP contribution in [-0.4, -0.2) is 4.57 Å². The van der Waals surface area contributed by atoms with Gasteiger partial charge in [0, 0.05) is 13.8 Å². The molecule has 0 spiro atoms. The van der Waals surface area contributed by atoms with Crippen LogP contribution in [0.4, 0.5) is 0 Å². The lowest BCUT2D eigenvalue weighted by Gasteiger charge is -1.87. The van der Waals surface area contributed by atoms with Crippen LogP contribution in [0.5, 0.6) is 0 Å². The van der Waals surface area contributed by atoms with E-state index in [0.717, 1.165) is 0 Å². The van der Waals surface area contributed by atoms with Crippen LogP contribution in [-0.2, 0) is 14.1 Å². The summed E-state index contributed by atoms with van der Waals surface area (Å²) in [6, 6.07) is 0. The van der Waals surface area contributed by atoms with Crippen LogP contribution in [0.2, 0.25) is 0 Å². The smallest absolute Gasteiger partial charge is 0.253 e. The topological polar surface area (TPSA) is 8.81 Å². The minimum atomic E-state index is 0. The van der Waals surface area contributed by atoms with Gasteiger partial charge in [-0.15, -0.1) is 0 Å². The summed E-state index contributed by atoms with van der Waals surface area (Å²) in [5, 5.41) is 0. The molecule has 0 fully saturated rings. The highest BCUT2D eigenvalue weighted by Gasteiger charge is 2.07. The molecule has 1 aromatic heterocycles.